The number of aromatic nitrogens is 3. The molecule has 1 unspecified atom stereocenters. The van der Waals surface area contributed by atoms with Crippen LogP contribution < -0.4 is 15.8 Å². The number of aliphatic hydroxyl groups is 1. The molecule has 114 valence electrons. The van der Waals surface area contributed by atoms with Gasteiger partial charge in [0.25, 0.3) is 0 Å². The van der Waals surface area contributed by atoms with Crippen LogP contribution >= 0.6 is 0 Å². The largest absolute Gasteiger partial charge is 0.461 e. The summed E-state index contributed by atoms with van der Waals surface area (Å²) in [6, 6.07) is 0.169. The average Bonchev–Trinajstić information content (AvgIpc) is 2.23. The van der Waals surface area contributed by atoms with Crippen molar-refractivity contribution >= 4 is 11.9 Å². The predicted molar refractivity (Wildman–Crippen MR) is 77.7 cm³/mol. The van der Waals surface area contributed by atoms with Gasteiger partial charge in [-0.1, -0.05) is 0 Å². The van der Waals surface area contributed by atoms with Gasteiger partial charge in [0.05, 0.1) is 11.7 Å². The van der Waals surface area contributed by atoms with Crippen LogP contribution in [0.4, 0.5) is 11.9 Å². The van der Waals surface area contributed by atoms with Gasteiger partial charge in [-0.05, 0) is 34.9 Å². The highest BCUT2D eigenvalue weighted by Gasteiger charge is 2.21. The van der Waals surface area contributed by atoms with Crippen molar-refractivity contribution in [1.82, 2.24) is 19.9 Å². The van der Waals surface area contributed by atoms with Crippen molar-refractivity contribution in [2.75, 3.05) is 38.2 Å². The third-order valence-electron chi connectivity index (χ3n) is 2.26. The van der Waals surface area contributed by atoms with Crippen LogP contribution in [0.25, 0.3) is 0 Å². The highest BCUT2D eigenvalue weighted by molar-refractivity contribution is 5.33. The van der Waals surface area contributed by atoms with Crippen molar-refractivity contribution in [2.24, 2.45) is 0 Å². The van der Waals surface area contributed by atoms with Crippen molar-refractivity contribution in [3.8, 4) is 6.01 Å². The number of likely N-dealkylation sites (N-methyl/N-ethyl adjacent to an activating group) is 1. The molecule has 1 aromatic rings. The summed E-state index contributed by atoms with van der Waals surface area (Å²) < 4.78 is 5.38. The summed E-state index contributed by atoms with van der Waals surface area (Å²) in [6.07, 6.45) is -0.0542. The molecule has 0 fully saturated rings. The van der Waals surface area contributed by atoms with E-state index < -0.39 is 5.60 Å². The van der Waals surface area contributed by atoms with Gasteiger partial charge in [-0.2, -0.15) is 15.0 Å². The number of nitrogens with one attached hydrogen (secondary N) is 1. The molecule has 1 heterocycles. The number of nitrogen functional groups attached to an aromatic ring is 1. The fraction of sp³-hybridized carbons (Fsp3) is 0.750. The van der Waals surface area contributed by atoms with Crippen LogP contribution in [-0.2, 0) is 0 Å². The van der Waals surface area contributed by atoms with Gasteiger partial charge in [-0.3, -0.25) is 0 Å². The molecule has 1 rings (SSSR count). The number of hydrogen-bond acceptors (Lipinski definition) is 8. The Bertz CT molecular complexity index is 436. The summed E-state index contributed by atoms with van der Waals surface area (Å²) in [5, 5.41) is 13.1. The number of nitrogens with zero attached hydrogens (tertiary/aromatic N) is 4. The van der Waals surface area contributed by atoms with Gasteiger partial charge < -0.3 is 25.8 Å². The van der Waals surface area contributed by atoms with Crippen LogP contribution in [0.3, 0.4) is 0 Å². The number of ether oxygens (including phenoxy) is 1. The Labute approximate surface area is 119 Å². The van der Waals surface area contributed by atoms with Crippen molar-refractivity contribution in [3.05, 3.63) is 0 Å². The van der Waals surface area contributed by atoms with Gasteiger partial charge in [-0.25, -0.2) is 0 Å². The zero-order chi connectivity index (χ0) is 15.3. The first kappa shape index (κ1) is 16.4. The minimum absolute atomic E-state index is 0.0542. The van der Waals surface area contributed by atoms with E-state index >= 15 is 0 Å². The highest BCUT2D eigenvalue weighted by Crippen LogP contribution is 2.12. The predicted octanol–water partition coefficient (Wildman–Crippen LogP) is -0.0345. The Morgan fingerprint density at radius 1 is 1.35 bits per heavy atom. The third-order valence-corrected chi connectivity index (χ3v) is 2.26. The molecular weight excluding hydrogens is 260 g/mol. The van der Waals surface area contributed by atoms with E-state index in [9.17, 15) is 5.11 Å². The lowest BCUT2D eigenvalue weighted by Gasteiger charge is -2.27. The smallest absolute Gasteiger partial charge is 0.323 e. The van der Waals surface area contributed by atoms with E-state index in [-0.39, 0.29) is 30.6 Å². The van der Waals surface area contributed by atoms with Crippen molar-refractivity contribution < 1.29 is 9.84 Å². The summed E-state index contributed by atoms with van der Waals surface area (Å²) in [4.78, 5) is 13.8. The topological polar surface area (TPSA) is 109 Å². The van der Waals surface area contributed by atoms with Crippen LogP contribution in [-0.4, -0.2) is 63.8 Å². The van der Waals surface area contributed by atoms with Gasteiger partial charge in [0, 0.05) is 13.1 Å². The van der Waals surface area contributed by atoms with Gasteiger partial charge in [0.2, 0.25) is 11.9 Å². The third kappa shape index (κ3) is 5.98. The molecule has 0 amide bonds. The van der Waals surface area contributed by atoms with E-state index in [1.165, 1.54) is 0 Å². The molecule has 0 aliphatic heterocycles. The summed E-state index contributed by atoms with van der Waals surface area (Å²) in [5.74, 6) is 0.359. The number of hydrogen-bond donors (Lipinski definition) is 3. The first-order chi connectivity index (χ1) is 9.18. The Morgan fingerprint density at radius 2 is 2.00 bits per heavy atom. The average molecular weight is 284 g/mol. The molecule has 0 aliphatic rings. The summed E-state index contributed by atoms with van der Waals surface area (Å²) in [7, 11) is 3.79. The Morgan fingerprint density at radius 3 is 2.55 bits per heavy atom. The lowest BCUT2D eigenvalue weighted by atomic mass is 10.1. The minimum atomic E-state index is -0.913. The molecule has 20 heavy (non-hydrogen) atoms. The Kier molecular flexibility index (Phi) is 5.46. The number of nitrogens with two attached hydrogens (primary N) is 1. The molecule has 0 aromatic carbocycles. The maximum atomic E-state index is 10.2. The van der Waals surface area contributed by atoms with Crippen LogP contribution in [0.5, 0.6) is 6.01 Å². The molecule has 0 radical (unpaired) electrons. The van der Waals surface area contributed by atoms with Gasteiger partial charge in [0.1, 0.15) is 0 Å². The normalized spacial score (nSPS) is 14.4. The zero-order valence-electron chi connectivity index (χ0n) is 12.7. The van der Waals surface area contributed by atoms with E-state index in [0.29, 0.717) is 6.54 Å². The Hall–Kier alpha value is -1.67. The van der Waals surface area contributed by atoms with Crippen molar-refractivity contribution in [3.63, 3.8) is 0 Å². The molecule has 1 atom stereocenters. The summed E-state index contributed by atoms with van der Waals surface area (Å²) in [6.45, 7) is 6.27. The van der Waals surface area contributed by atoms with E-state index in [2.05, 4.69) is 20.3 Å². The zero-order valence-corrected chi connectivity index (χ0v) is 12.7. The first-order valence-electron chi connectivity index (χ1n) is 6.47. The van der Waals surface area contributed by atoms with Crippen LogP contribution in [0.1, 0.15) is 20.8 Å². The van der Waals surface area contributed by atoms with Crippen molar-refractivity contribution in [1.29, 1.82) is 0 Å². The lowest BCUT2D eigenvalue weighted by Crippen LogP contribution is -2.43. The summed E-state index contributed by atoms with van der Waals surface area (Å²) >= 11 is 0. The quantitative estimate of drug-likeness (QED) is 0.640. The second kappa shape index (κ2) is 6.67. The molecule has 0 bridgehead atoms. The molecule has 8 nitrogen and oxygen atoms in total. The fourth-order valence-electron chi connectivity index (χ4n) is 1.72. The van der Waals surface area contributed by atoms with Crippen LogP contribution in [0.2, 0.25) is 0 Å². The SMILES string of the molecule is CC(C)Oc1nc(N)nc(NCC(C)(O)CN(C)C)n1. The van der Waals surface area contributed by atoms with E-state index in [1.807, 2.05) is 32.8 Å². The molecule has 8 heteroatoms. The molecule has 1 aromatic heterocycles. The molecular formula is C12H24N6O2. The second-order valence-electron chi connectivity index (χ2n) is 5.55. The van der Waals surface area contributed by atoms with Crippen molar-refractivity contribution in [2.45, 2.75) is 32.5 Å². The van der Waals surface area contributed by atoms with Gasteiger partial charge in [-0.15, -0.1) is 0 Å². The number of anilines is 2. The Balaban J connectivity index is 2.70. The first-order valence-corrected chi connectivity index (χ1v) is 6.47. The minimum Gasteiger partial charge on any atom is -0.461 e. The van der Waals surface area contributed by atoms with Gasteiger partial charge in [0.15, 0.2) is 0 Å². The van der Waals surface area contributed by atoms with Gasteiger partial charge >= 0.3 is 6.01 Å². The van der Waals surface area contributed by atoms with Crippen LogP contribution in [0, 0.1) is 0 Å². The van der Waals surface area contributed by atoms with E-state index in [1.54, 1.807) is 6.92 Å². The second-order valence-corrected chi connectivity index (χ2v) is 5.55. The molecule has 0 saturated heterocycles. The van der Waals surface area contributed by atoms with E-state index in [0.717, 1.165) is 0 Å². The maximum absolute atomic E-state index is 10.2. The maximum Gasteiger partial charge on any atom is 0.323 e. The monoisotopic (exact) mass is 284 g/mol. The molecule has 0 aliphatic carbocycles. The highest BCUT2D eigenvalue weighted by atomic mass is 16.5. The molecule has 0 spiro atoms. The lowest BCUT2D eigenvalue weighted by molar-refractivity contribution is 0.0458. The van der Waals surface area contributed by atoms with E-state index in [4.69, 9.17) is 10.5 Å². The fourth-order valence-corrected chi connectivity index (χ4v) is 1.72. The molecule has 4 N–H and O–H groups in total. The summed E-state index contributed by atoms with van der Waals surface area (Å²) in [5.41, 5.74) is 4.69. The van der Waals surface area contributed by atoms with Crippen LogP contribution in [0.15, 0.2) is 0 Å². The number of rotatable bonds is 7. The molecule has 0 saturated carbocycles. The standard InChI is InChI=1S/C12H24N6O2/c1-8(2)20-11-16-9(13)15-10(17-11)14-6-12(3,19)7-18(4)5/h8,19H,6-7H2,1-5H3,(H3,13,14,15,16,17).